The fourth-order valence-electron chi connectivity index (χ4n) is 2.50. The molecule has 1 aliphatic heterocycles. The highest BCUT2D eigenvalue weighted by molar-refractivity contribution is 5.92. The second kappa shape index (κ2) is 5.78. The van der Waals surface area contributed by atoms with Crippen molar-refractivity contribution in [2.45, 2.75) is 18.9 Å². The molecule has 3 heterocycles. The van der Waals surface area contributed by atoms with Crippen LogP contribution in [0.3, 0.4) is 0 Å². The molecule has 3 rings (SSSR count). The summed E-state index contributed by atoms with van der Waals surface area (Å²) in [5.74, 6) is 0.215. The summed E-state index contributed by atoms with van der Waals surface area (Å²) >= 11 is 0. The summed E-state index contributed by atoms with van der Waals surface area (Å²) in [5, 5.41) is 9.34. The van der Waals surface area contributed by atoms with Crippen LogP contribution in [0.2, 0.25) is 0 Å². The van der Waals surface area contributed by atoms with Gasteiger partial charge in [-0.3, -0.25) is 14.7 Å². The predicted molar refractivity (Wildman–Crippen MR) is 76.1 cm³/mol. The number of hydrogen-bond acceptors (Lipinski definition) is 5. The zero-order chi connectivity index (χ0) is 14.7. The van der Waals surface area contributed by atoms with Gasteiger partial charge in [0, 0.05) is 37.7 Å². The van der Waals surface area contributed by atoms with Gasteiger partial charge in [0.1, 0.15) is 5.69 Å². The number of carbonyl (C=O) groups excluding carboxylic acids is 1. The molecule has 0 aliphatic carbocycles. The first kappa shape index (κ1) is 13.3. The molecule has 8 heteroatoms. The molecular weight excluding hydrogens is 272 g/mol. The van der Waals surface area contributed by atoms with Gasteiger partial charge in [0.2, 0.25) is 0 Å². The van der Waals surface area contributed by atoms with Gasteiger partial charge in [0.05, 0.1) is 0 Å². The highest BCUT2D eigenvalue weighted by Gasteiger charge is 2.24. The fourth-order valence-corrected chi connectivity index (χ4v) is 2.50. The normalized spacial score (nSPS) is 18.5. The summed E-state index contributed by atoms with van der Waals surface area (Å²) in [7, 11) is 0. The van der Waals surface area contributed by atoms with Crippen molar-refractivity contribution in [3.8, 4) is 0 Å². The van der Waals surface area contributed by atoms with Crippen LogP contribution in [0.1, 0.15) is 23.3 Å². The van der Waals surface area contributed by atoms with E-state index in [0.29, 0.717) is 18.1 Å². The van der Waals surface area contributed by atoms with Crippen LogP contribution in [-0.4, -0.2) is 45.2 Å². The standard InChI is InChI=1S/C13H16N6O2/c20-12(10-3-4-16-18-10)17-9-2-1-7-19(8-9)11-13(21)15-6-5-14-11/h3-6,9H,1-2,7-8H2,(H,15,21)(H,16,18)(H,17,20)/t9-/m1/s1. The summed E-state index contributed by atoms with van der Waals surface area (Å²) in [5.41, 5.74) is 0.223. The SMILES string of the molecule is O=C(N[C@@H]1CCCN(c2ncc[nH]c2=O)C1)c1ccn[nH]1. The molecule has 0 bridgehead atoms. The minimum atomic E-state index is -0.210. The van der Waals surface area contributed by atoms with Gasteiger partial charge < -0.3 is 15.2 Å². The number of amides is 1. The second-order valence-corrected chi connectivity index (χ2v) is 4.97. The molecule has 0 spiro atoms. The molecule has 0 aromatic carbocycles. The summed E-state index contributed by atoms with van der Waals surface area (Å²) in [6.45, 7) is 1.33. The Labute approximate surface area is 120 Å². The molecule has 8 nitrogen and oxygen atoms in total. The van der Waals surface area contributed by atoms with E-state index in [1.54, 1.807) is 12.3 Å². The Balaban J connectivity index is 1.68. The maximum absolute atomic E-state index is 12.0. The number of anilines is 1. The average molecular weight is 288 g/mol. The average Bonchev–Trinajstić information content (AvgIpc) is 3.02. The Bertz CT molecular complexity index is 665. The predicted octanol–water partition coefficient (Wildman–Crippen LogP) is -0.108. The van der Waals surface area contributed by atoms with Crippen LogP contribution in [0.15, 0.2) is 29.5 Å². The Hall–Kier alpha value is -2.64. The monoisotopic (exact) mass is 288 g/mol. The third kappa shape index (κ3) is 2.93. The van der Waals surface area contributed by atoms with E-state index in [-0.39, 0.29) is 17.5 Å². The van der Waals surface area contributed by atoms with E-state index in [4.69, 9.17) is 0 Å². The number of piperidine rings is 1. The van der Waals surface area contributed by atoms with E-state index in [2.05, 4.69) is 25.5 Å². The van der Waals surface area contributed by atoms with Gasteiger partial charge in [-0.2, -0.15) is 5.10 Å². The number of rotatable bonds is 3. The molecule has 0 saturated carbocycles. The number of aromatic amines is 2. The van der Waals surface area contributed by atoms with E-state index in [1.165, 1.54) is 12.4 Å². The van der Waals surface area contributed by atoms with Crippen LogP contribution in [0.25, 0.3) is 0 Å². The van der Waals surface area contributed by atoms with Crippen molar-refractivity contribution in [3.05, 3.63) is 40.7 Å². The van der Waals surface area contributed by atoms with Crippen molar-refractivity contribution >= 4 is 11.7 Å². The number of hydrogen-bond donors (Lipinski definition) is 3. The van der Waals surface area contributed by atoms with Gasteiger partial charge in [-0.15, -0.1) is 0 Å². The van der Waals surface area contributed by atoms with Crippen LogP contribution in [0.5, 0.6) is 0 Å². The molecule has 1 saturated heterocycles. The maximum Gasteiger partial charge on any atom is 0.290 e. The molecule has 0 unspecified atom stereocenters. The lowest BCUT2D eigenvalue weighted by Crippen LogP contribution is -2.49. The van der Waals surface area contributed by atoms with Crippen molar-refractivity contribution in [1.82, 2.24) is 25.5 Å². The molecule has 1 fully saturated rings. The zero-order valence-electron chi connectivity index (χ0n) is 11.4. The molecule has 1 amide bonds. The van der Waals surface area contributed by atoms with E-state index >= 15 is 0 Å². The minimum absolute atomic E-state index is 0.0176. The van der Waals surface area contributed by atoms with E-state index < -0.39 is 0 Å². The summed E-state index contributed by atoms with van der Waals surface area (Å²) < 4.78 is 0. The summed E-state index contributed by atoms with van der Waals surface area (Å²) in [6.07, 6.45) is 6.37. The number of nitrogens with one attached hydrogen (secondary N) is 3. The molecule has 2 aromatic rings. The number of carbonyl (C=O) groups is 1. The fraction of sp³-hybridized carbons (Fsp3) is 0.385. The number of nitrogens with zero attached hydrogens (tertiary/aromatic N) is 3. The maximum atomic E-state index is 12.0. The van der Waals surface area contributed by atoms with Crippen LogP contribution < -0.4 is 15.8 Å². The Morgan fingerprint density at radius 1 is 1.43 bits per heavy atom. The summed E-state index contributed by atoms with van der Waals surface area (Å²) in [6, 6.07) is 1.61. The van der Waals surface area contributed by atoms with Gasteiger partial charge in [-0.05, 0) is 18.9 Å². The lowest BCUT2D eigenvalue weighted by Gasteiger charge is -2.33. The first-order valence-electron chi connectivity index (χ1n) is 6.83. The van der Waals surface area contributed by atoms with Crippen molar-refractivity contribution < 1.29 is 4.79 Å². The van der Waals surface area contributed by atoms with Gasteiger partial charge in [0.15, 0.2) is 5.82 Å². The van der Waals surface area contributed by atoms with E-state index in [1.807, 2.05) is 4.90 Å². The quantitative estimate of drug-likeness (QED) is 0.730. The Kier molecular flexibility index (Phi) is 3.67. The van der Waals surface area contributed by atoms with Crippen LogP contribution in [0.4, 0.5) is 5.82 Å². The van der Waals surface area contributed by atoms with Gasteiger partial charge in [-0.1, -0.05) is 0 Å². The Morgan fingerprint density at radius 2 is 2.33 bits per heavy atom. The molecule has 0 radical (unpaired) electrons. The molecule has 21 heavy (non-hydrogen) atoms. The van der Waals surface area contributed by atoms with Crippen molar-refractivity contribution in [3.63, 3.8) is 0 Å². The molecule has 110 valence electrons. The lowest BCUT2D eigenvalue weighted by atomic mass is 10.1. The molecular formula is C13H16N6O2. The van der Waals surface area contributed by atoms with Crippen molar-refractivity contribution in [1.29, 1.82) is 0 Å². The second-order valence-electron chi connectivity index (χ2n) is 4.97. The van der Waals surface area contributed by atoms with E-state index in [9.17, 15) is 9.59 Å². The first-order chi connectivity index (χ1) is 10.2. The lowest BCUT2D eigenvalue weighted by molar-refractivity contribution is 0.0928. The van der Waals surface area contributed by atoms with Crippen LogP contribution in [0, 0.1) is 0 Å². The molecule has 1 atom stereocenters. The first-order valence-corrected chi connectivity index (χ1v) is 6.83. The molecule has 3 N–H and O–H groups in total. The van der Waals surface area contributed by atoms with Crippen molar-refractivity contribution in [2.75, 3.05) is 18.0 Å². The van der Waals surface area contributed by atoms with Gasteiger partial charge >= 0.3 is 0 Å². The smallest absolute Gasteiger partial charge is 0.290 e. The molecule has 1 aliphatic rings. The van der Waals surface area contributed by atoms with Crippen LogP contribution in [-0.2, 0) is 0 Å². The zero-order valence-corrected chi connectivity index (χ0v) is 11.4. The highest BCUT2D eigenvalue weighted by Crippen LogP contribution is 2.14. The number of H-pyrrole nitrogens is 2. The molecule has 2 aromatic heterocycles. The third-order valence-corrected chi connectivity index (χ3v) is 3.49. The topological polar surface area (TPSA) is 107 Å². The largest absolute Gasteiger partial charge is 0.350 e. The highest BCUT2D eigenvalue weighted by atomic mass is 16.2. The van der Waals surface area contributed by atoms with E-state index in [0.717, 1.165) is 19.4 Å². The van der Waals surface area contributed by atoms with Gasteiger partial charge in [0.25, 0.3) is 11.5 Å². The number of aromatic nitrogens is 4. The van der Waals surface area contributed by atoms with Gasteiger partial charge in [-0.25, -0.2) is 4.98 Å². The van der Waals surface area contributed by atoms with Crippen LogP contribution >= 0.6 is 0 Å². The minimum Gasteiger partial charge on any atom is -0.350 e. The van der Waals surface area contributed by atoms with Crippen molar-refractivity contribution in [2.24, 2.45) is 0 Å². The Morgan fingerprint density at radius 3 is 3.10 bits per heavy atom. The third-order valence-electron chi connectivity index (χ3n) is 3.49. The summed E-state index contributed by atoms with van der Waals surface area (Å²) in [4.78, 5) is 32.4.